The summed E-state index contributed by atoms with van der Waals surface area (Å²) >= 11 is 0. The van der Waals surface area contributed by atoms with Crippen molar-refractivity contribution in [1.82, 2.24) is 9.80 Å². The van der Waals surface area contributed by atoms with Crippen LogP contribution in [0, 0.1) is 0 Å². The van der Waals surface area contributed by atoms with E-state index in [4.69, 9.17) is 18.9 Å². The monoisotopic (exact) mass is 480 g/mol. The second-order valence-corrected chi connectivity index (χ2v) is 8.73. The number of hydrogen-bond donors (Lipinski definition) is 1. The summed E-state index contributed by atoms with van der Waals surface area (Å²) in [6.07, 6.45) is 2.24. The molecule has 0 unspecified atom stereocenters. The summed E-state index contributed by atoms with van der Waals surface area (Å²) in [6, 6.07) is 9.42. The van der Waals surface area contributed by atoms with E-state index in [1.54, 1.807) is 36.4 Å². The first-order chi connectivity index (χ1) is 17.0. The van der Waals surface area contributed by atoms with Crippen LogP contribution in [0.2, 0.25) is 0 Å². The lowest BCUT2D eigenvalue weighted by Crippen LogP contribution is -2.37. The third-order valence-electron chi connectivity index (χ3n) is 6.74. The van der Waals surface area contributed by atoms with Crippen molar-refractivity contribution in [3.63, 3.8) is 0 Å². The molecule has 1 atom stereocenters. The predicted molar refractivity (Wildman–Crippen MR) is 127 cm³/mol. The van der Waals surface area contributed by atoms with E-state index >= 15 is 0 Å². The molecule has 0 bridgehead atoms. The van der Waals surface area contributed by atoms with E-state index in [-0.39, 0.29) is 18.1 Å². The first kappa shape index (κ1) is 23.0. The Hall–Kier alpha value is -3.72. The van der Waals surface area contributed by atoms with E-state index in [2.05, 4.69) is 4.90 Å². The number of aliphatic hydroxyl groups excluding tert-OH is 1. The number of carbonyl (C=O) groups is 2. The third kappa shape index (κ3) is 4.16. The van der Waals surface area contributed by atoms with Crippen LogP contribution in [0.1, 0.15) is 30.0 Å². The molecule has 3 heterocycles. The fourth-order valence-electron chi connectivity index (χ4n) is 4.95. The Bertz CT molecular complexity index is 1190. The number of Topliss-reactive ketones (excluding diaryl/α,β-unsaturated/α-hetero) is 1. The summed E-state index contributed by atoms with van der Waals surface area (Å²) in [5.41, 5.74) is 1.00. The average Bonchev–Trinajstić information content (AvgIpc) is 3.63. The van der Waals surface area contributed by atoms with Crippen LogP contribution in [-0.2, 0) is 9.59 Å². The number of rotatable bonds is 7. The molecule has 0 aliphatic carbocycles. The van der Waals surface area contributed by atoms with Crippen molar-refractivity contribution in [3.8, 4) is 23.0 Å². The molecule has 0 radical (unpaired) electrons. The zero-order chi connectivity index (χ0) is 24.5. The quantitative estimate of drug-likeness (QED) is 0.367. The number of carbonyl (C=O) groups excluding carboxylic acids is 2. The highest BCUT2D eigenvalue weighted by Crippen LogP contribution is 2.47. The number of benzene rings is 2. The van der Waals surface area contributed by atoms with Crippen molar-refractivity contribution in [1.29, 1.82) is 0 Å². The Balaban J connectivity index is 1.62. The van der Waals surface area contributed by atoms with Gasteiger partial charge in [-0.1, -0.05) is 12.1 Å². The van der Waals surface area contributed by atoms with Gasteiger partial charge in [-0.3, -0.25) is 9.59 Å². The van der Waals surface area contributed by atoms with E-state index < -0.39 is 17.7 Å². The van der Waals surface area contributed by atoms with Crippen molar-refractivity contribution in [3.05, 3.63) is 53.1 Å². The molecule has 5 rings (SSSR count). The number of nitrogens with zero attached hydrogens (tertiary/aromatic N) is 2. The van der Waals surface area contributed by atoms with Crippen LogP contribution in [0.15, 0.2) is 42.0 Å². The van der Waals surface area contributed by atoms with Crippen LogP contribution in [-0.4, -0.2) is 73.8 Å². The molecule has 2 aromatic carbocycles. The third-order valence-corrected chi connectivity index (χ3v) is 6.74. The molecule has 3 aliphatic rings. The number of ether oxygens (including phenoxy) is 4. The molecule has 0 aromatic heterocycles. The molecular formula is C26H28N2O7. The SMILES string of the molecule is COc1cccc(C(O)=C2C(=O)C(=O)N(CCN3CCCC3)[C@@H]2c2cc(OC)c3c(c2)OCO3)c1. The fourth-order valence-corrected chi connectivity index (χ4v) is 4.95. The first-order valence-electron chi connectivity index (χ1n) is 11.6. The van der Waals surface area contributed by atoms with Crippen LogP contribution in [0.5, 0.6) is 23.0 Å². The molecule has 2 saturated heterocycles. The molecule has 2 aromatic rings. The second kappa shape index (κ2) is 9.50. The molecule has 2 fully saturated rings. The van der Waals surface area contributed by atoms with Crippen LogP contribution in [0.3, 0.4) is 0 Å². The van der Waals surface area contributed by atoms with Crippen LogP contribution >= 0.6 is 0 Å². The van der Waals surface area contributed by atoms with Crippen molar-refractivity contribution in [2.75, 3.05) is 47.2 Å². The molecular weight excluding hydrogens is 452 g/mol. The maximum Gasteiger partial charge on any atom is 0.295 e. The fraction of sp³-hybridized carbons (Fsp3) is 0.385. The Morgan fingerprint density at radius 2 is 1.86 bits per heavy atom. The van der Waals surface area contributed by atoms with Gasteiger partial charge in [0.15, 0.2) is 11.5 Å². The summed E-state index contributed by atoms with van der Waals surface area (Å²) in [4.78, 5) is 30.4. The number of hydrogen-bond acceptors (Lipinski definition) is 8. The van der Waals surface area contributed by atoms with Crippen LogP contribution in [0.25, 0.3) is 5.76 Å². The smallest absolute Gasteiger partial charge is 0.295 e. The van der Waals surface area contributed by atoms with E-state index in [1.165, 1.54) is 19.1 Å². The summed E-state index contributed by atoms with van der Waals surface area (Å²) in [6.45, 7) is 2.98. The number of amides is 1. The van der Waals surface area contributed by atoms with Gasteiger partial charge in [-0.2, -0.15) is 0 Å². The van der Waals surface area contributed by atoms with Crippen LogP contribution < -0.4 is 18.9 Å². The number of likely N-dealkylation sites (tertiary alicyclic amines) is 2. The van der Waals surface area contributed by atoms with Gasteiger partial charge in [-0.15, -0.1) is 0 Å². The van der Waals surface area contributed by atoms with Gasteiger partial charge in [-0.25, -0.2) is 0 Å². The van der Waals surface area contributed by atoms with Gasteiger partial charge in [0.2, 0.25) is 12.5 Å². The Morgan fingerprint density at radius 1 is 1.06 bits per heavy atom. The van der Waals surface area contributed by atoms with E-state index in [9.17, 15) is 14.7 Å². The molecule has 3 aliphatic heterocycles. The molecule has 9 heteroatoms. The average molecular weight is 481 g/mol. The summed E-state index contributed by atoms with van der Waals surface area (Å²) in [5.74, 6) is 0.264. The maximum absolute atomic E-state index is 13.3. The van der Waals surface area contributed by atoms with Gasteiger partial charge in [0.1, 0.15) is 11.5 Å². The summed E-state index contributed by atoms with van der Waals surface area (Å²) in [5, 5.41) is 11.3. The molecule has 1 N–H and O–H groups in total. The minimum Gasteiger partial charge on any atom is -0.507 e. The van der Waals surface area contributed by atoms with Gasteiger partial charge in [0.05, 0.1) is 25.8 Å². The lowest BCUT2D eigenvalue weighted by Gasteiger charge is -2.27. The van der Waals surface area contributed by atoms with Crippen molar-refractivity contribution in [2.24, 2.45) is 0 Å². The largest absolute Gasteiger partial charge is 0.507 e. The van der Waals surface area contributed by atoms with Crippen molar-refractivity contribution in [2.45, 2.75) is 18.9 Å². The lowest BCUT2D eigenvalue weighted by atomic mass is 9.94. The number of aliphatic hydroxyl groups is 1. The van der Waals surface area contributed by atoms with E-state index in [0.29, 0.717) is 47.2 Å². The number of ketones is 1. The minimum atomic E-state index is -0.813. The highest BCUT2D eigenvalue weighted by molar-refractivity contribution is 6.46. The van der Waals surface area contributed by atoms with E-state index in [1.807, 2.05) is 0 Å². The first-order valence-corrected chi connectivity index (χ1v) is 11.6. The van der Waals surface area contributed by atoms with Gasteiger partial charge in [0.25, 0.3) is 11.7 Å². The summed E-state index contributed by atoms with van der Waals surface area (Å²) in [7, 11) is 3.04. The molecule has 184 valence electrons. The summed E-state index contributed by atoms with van der Waals surface area (Å²) < 4.78 is 21.9. The minimum absolute atomic E-state index is 0.0191. The van der Waals surface area contributed by atoms with E-state index in [0.717, 1.165) is 25.9 Å². The Kier molecular flexibility index (Phi) is 6.25. The number of fused-ring (bicyclic) bond motifs is 1. The zero-order valence-electron chi connectivity index (χ0n) is 19.8. The second-order valence-electron chi connectivity index (χ2n) is 8.73. The predicted octanol–water partition coefficient (Wildman–Crippen LogP) is 2.95. The van der Waals surface area contributed by atoms with Crippen molar-refractivity contribution >= 4 is 17.4 Å². The van der Waals surface area contributed by atoms with Crippen LogP contribution in [0.4, 0.5) is 0 Å². The molecule has 0 saturated carbocycles. The normalized spacial score (nSPS) is 21.1. The zero-order valence-corrected chi connectivity index (χ0v) is 19.8. The highest BCUT2D eigenvalue weighted by atomic mass is 16.7. The molecule has 0 spiro atoms. The highest BCUT2D eigenvalue weighted by Gasteiger charge is 2.46. The maximum atomic E-state index is 13.3. The van der Waals surface area contributed by atoms with Gasteiger partial charge in [0, 0.05) is 18.7 Å². The molecule has 35 heavy (non-hydrogen) atoms. The van der Waals surface area contributed by atoms with Gasteiger partial charge in [-0.05, 0) is 55.8 Å². The topological polar surface area (TPSA) is 97.8 Å². The van der Waals surface area contributed by atoms with Gasteiger partial charge < -0.3 is 33.9 Å². The lowest BCUT2D eigenvalue weighted by molar-refractivity contribution is -0.140. The number of methoxy groups -OCH3 is 2. The Morgan fingerprint density at radius 3 is 2.60 bits per heavy atom. The van der Waals surface area contributed by atoms with Gasteiger partial charge >= 0.3 is 0 Å². The standard InChI is InChI=1S/C26H28N2O7/c1-32-18-7-5-6-16(12-18)23(29)21-22(17-13-19(33-2)25-20(14-17)34-15-35-25)28(26(31)24(21)30)11-10-27-8-3-4-9-27/h5-7,12-14,22,29H,3-4,8-11,15H2,1-2H3/t22-/m1/s1. The molecule has 1 amide bonds. The van der Waals surface area contributed by atoms with Crippen molar-refractivity contribution < 1.29 is 33.6 Å². The molecule has 9 nitrogen and oxygen atoms in total. The Labute approximate surface area is 203 Å².